The van der Waals surface area contributed by atoms with Crippen LogP contribution < -0.4 is 5.73 Å². The number of hydrogen-bond donors (Lipinski definition) is 3. The molecule has 1 amide bonds. The predicted octanol–water partition coefficient (Wildman–Crippen LogP) is 3.57. The molecule has 0 bridgehead atoms. The van der Waals surface area contributed by atoms with Crippen molar-refractivity contribution in [3.63, 3.8) is 0 Å². The average molecular weight is 351 g/mol. The Morgan fingerprint density at radius 2 is 1.96 bits per heavy atom. The number of carbonyl (C=O) groups is 1. The number of aliphatic hydroxyl groups excluding tert-OH is 1. The fourth-order valence-electron chi connectivity index (χ4n) is 3.83. The van der Waals surface area contributed by atoms with Crippen molar-refractivity contribution in [1.29, 1.82) is 0 Å². The summed E-state index contributed by atoms with van der Waals surface area (Å²) >= 11 is 0. The van der Waals surface area contributed by atoms with Gasteiger partial charge in [-0.05, 0) is 46.7 Å². The van der Waals surface area contributed by atoms with E-state index in [1.165, 1.54) is 5.56 Å². The molecule has 2 aromatic carbocycles. The lowest BCUT2D eigenvalue weighted by molar-refractivity contribution is 0.100. The first-order valence-corrected chi connectivity index (χ1v) is 8.97. The van der Waals surface area contributed by atoms with Crippen molar-refractivity contribution in [3.8, 4) is 0 Å². The maximum atomic E-state index is 11.4. The minimum Gasteiger partial charge on any atom is -0.396 e. The number of nitrogens with two attached hydrogens (primary N) is 1. The van der Waals surface area contributed by atoms with Crippen molar-refractivity contribution in [2.75, 3.05) is 6.61 Å². The maximum Gasteiger partial charge on any atom is 0.248 e. The van der Waals surface area contributed by atoms with Gasteiger partial charge >= 0.3 is 0 Å². The molecule has 0 aliphatic heterocycles. The van der Waals surface area contributed by atoms with Crippen molar-refractivity contribution < 1.29 is 9.90 Å². The van der Waals surface area contributed by atoms with E-state index in [2.05, 4.69) is 35.9 Å². The summed E-state index contributed by atoms with van der Waals surface area (Å²) in [6, 6.07) is 11.8. The molecule has 5 nitrogen and oxygen atoms in total. The van der Waals surface area contributed by atoms with Crippen LogP contribution in [0.15, 0.2) is 48.9 Å². The fraction of sp³-hybridized carbons (Fsp3) is 0.333. The van der Waals surface area contributed by atoms with E-state index in [1.807, 2.05) is 24.4 Å². The number of aromatic nitrogens is 2. The van der Waals surface area contributed by atoms with E-state index in [1.54, 1.807) is 12.4 Å². The standard InChI is InChI=1S/C21H25N3O2/c1-3-18(20(13(2)11-25)19-10-23-12-24-19)16-6-4-15-9-17(21(22)26)7-5-14(15)8-16/h4-10,12-13,18,20,25H,3,11H2,1-2H3,(H2,22,26)(H,23,24). The molecule has 3 atom stereocenters. The maximum absolute atomic E-state index is 11.4. The number of benzene rings is 2. The number of nitrogens with zero attached hydrogens (tertiary/aromatic N) is 1. The summed E-state index contributed by atoms with van der Waals surface area (Å²) in [6.45, 7) is 4.35. The lowest BCUT2D eigenvalue weighted by Gasteiger charge is -2.30. The molecule has 4 N–H and O–H groups in total. The zero-order valence-corrected chi connectivity index (χ0v) is 15.1. The van der Waals surface area contributed by atoms with E-state index >= 15 is 0 Å². The third kappa shape index (κ3) is 3.48. The SMILES string of the molecule is CCC(c1ccc2cc(C(N)=O)ccc2c1)C(c1cnc[nH]1)C(C)CO. The molecule has 3 aromatic rings. The minimum atomic E-state index is -0.418. The topological polar surface area (TPSA) is 92.0 Å². The Balaban J connectivity index is 2.03. The summed E-state index contributed by atoms with van der Waals surface area (Å²) in [7, 11) is 0. The second-order valence-electron chi connectivity index (χ2n) is 6.89. The number of imidazole rings is 1. The summed E-state index contributed by atoms with van der Waals surface area (Å²) in [5, 5.41) is 11.8. The zero-order chi connectivity index (χ0) is 18.7. The molecular weight excluding hydrogens is 326 g/mol. The lowest BCUT2D eigenvalue weighted by Crippen LogP contribution is -2.21. The van der Waals surface area contributed by atoms with E-state index < -0.39 is 5.91 Å². The van der Waals surface area contributed by atoms with Crippen molar-refractivity contribution in [1.82, 2.24) is 9.97 Å². The molecule has 0 radical (unpaired) electrons. The molecule has 136 valence electrons. The first-order valence-electron chi connectivity index (χ1n) is 8.97. The van der Waals surface area contributed by atoms with Crippen LogP contribution in [0.3, 0.4) is 0 Å². The van der Waals surface area contributed by atoms with Gasteiger partial charge in [0.25, 0.3) is 0 Å². The largest absolute Gasteiger partial charge is 0.396 e. The zero-order valence-electron chi connectivity index (χ0n) is 15.1. The molecule has 0 saturated carbocycles. The number of aliphatic hydroxyl groups is 1. The predicted molar refractivity (Wildman–Crippen MR) is 103 cm³/mol. The first-order chi connectivity index (χ1) is 12.5. The van der Waals surface area contributed by atoms with Crippen LogP contribution in [-0.2, 0) is 0 Å². The highest BCUT2D eigenvalue weighted by molar-refractivity contribution is 5.97. The molecule has 0 aliphatic carbocycles. The molecule has 5 heteroatoms. The first kappa shape index (κ1) is 18.1. The van der Waals surface area contributed by atoms with Gasteiger partial charge in [-0.15, -0.1) is 0 Å². The van der Waals surface area contributed by atoms with E-state index in [0.717, 1.165) is 22.9 Å². The number of amides is 1. The molecule has 3 rings (SSSR count). The normalized spacial score (nSPS) is 14.9. The van der Waals surface area contributed by atoms with E-state index in [0.29, 0.717) is 5.56 Å². The molecule has 0 saturated heterocycles. The van der Waals surface area contributed by atoms with Gasteiger partial charge in [0.1, 0.15) is 0 Å². The van der Waals surface area contributed by atoms with Gasteiger partial charge in [-0.3, -0.25) is 4.79 Å². The third-order valence-electron chi connectivity index (χ3n) is 5.23. The van der Waals surface area contributed by atoms with Crippen molar-refractivity contribution in [2.45, 2.75) is 32.1 Å². The quantitative estimate of drug-likeness (QED) is 0.607. The van der Waals surface area contributed by atoms with Crippen molar-refractivity contribution in [3.05, 3.63) is 65.7 Å². The van der Waals surface area contributed by atoms with Crippen molar-refractivity contribution >= 4 is 16.7 Å². The monoisotopic (exact) mass is 351 g/mol. The van der Waals surface area contributed by atoms with Gasteiger partial charge in [0.2, 0.25) is 5.91 Å². The summed E-state index contributed by atoms with van der Waals surface area (Å²) in [6.07, 6.45) is 4.48. The molecule has 1 heterocycles. The summed E-state index contributed by atoms with van der Waals surface area (Å²) in [5.74, 6) is 0.0829. The van der Waals surface area contributed by atoms with Crippen LogP contribution in [0.1, 0.15) is 53.7 Å². The molecule has 0 spiro atoms. The Morgan fingerprint density at radius 1 is 1.23 bits per heavy atom. The Bertz CT molecular complexity index is 889. The molecular formula is C21H25N3O2. The Hall–Kier alpha value is -2.66. The van der Waals surface area contributed by atoms with E-state index in [-0.39, 0.29) is 24.4 Å². The molecule has 0 fully saturated rings. The highest BCUT2D eigenvalue weighted by Gasteiger charge is 2.29. The highest BCUT2D eigenvalue weighted by Crippen LogP contribution is 2.40. The van der Waals surface area contributed by atoms with Gasteiger partial charge in [0, 0.05) is 30.0 Å². The van der Waals surface area contributed by atoms with Gasteiger partial charge in [-0.25, -0.2) is 4.98 Å². The van der Waals surface area contributed by atoms with Gasteiger partial charge in [0.15, 0.2) is 0 Å². The number of carbonyl (C=O) groups excluding carboxylic acids is 1. The third-order valence-corrected chi connectivity index (χ3v) is 5.23. The minimum absolute atomic E-state index is 0.105. The number of rotatable bonds is 7. The van der Waals surface area contributed by atoms with Crippen LogP contribution >= 0.6 is 0 Å². The number of fused-ring (bicyclic) bond motifs is 1. The van der Waals surface area contributed by atoms with Crippen LogP contribution in [-0.4, -0.2) is 27.6 Å². The smallest absolute Gasteiger partial charge is 0.248 e. The van der Waals surface area contributed by atoms with Gasteiger partial charge in [-0.1, -0.05) is 38.1 Å². The van der Waals surface area contributed by atoms with Gasteiger partial charge < -0.3 is 15.8 Å². The Labute approximate surface area is 153 Å². The van der Waals surface area contributed by atoms with E-state index in [4.69, 9.17) is 5.73 Å². The Kier molecular flexibility index (Phi) is 5.38. The van der Waals surface area contributed by atoms with Crippen LogP contribution in [0.2, 0.25) is 0 Å². The molecule has 3 unspecified atom stereocenters. The van der Waals surface area contributed by atoms with E-state index in [9.17, 15) is 9.90 Å². The second kappa shape index (κ2) is 7.70. The number of H-pyrrole nitrogens is 1. The van der Waals surface area contributed by atoms with Gasteiger partial charge in [0.05, 0.1) is 6.33 Å². The van der Waals surface area contributed by atoms with Crippen molar-refractivity contribution in [2.24, 2.45) is 11.7 Å². The molecule has 1 aromatic heterocycles. The van der Waals surface area contributed by atoms with Gasteiger partial charge in [-0.2, -0.15) is 0 Å². The fourth-order valence-corrected chi connectivity index (χ4v) is 3.83. The average Bonchev–Trinajstić information content (AvgIpc) is 3.18. The number of aromatic amines is 1. The molecule has 0 aliphatic rings. The van der Waals surface area contributed by atoms with Crippen LogP contribution in [0.25, 0.3) is 10.8 Å². The number of nitrogens with one attached hydrogen (secondary N) is 1. The second-order valence-corrected chi connectivity index (χ2v) is 6.89. The van der Waals surface area contributed by atoms with Crippen LogP contribution in [0, 0.1) is 5.92 Å². The number of hydrogen-bond acceptors (Lipinski definition) is 3. The molecule has 26 heavy (non-hydrogen) atoms. The summed E-state index contributed by atoms with van der Waals surface area (Å²) in [4.78, 5) is 18.8. The summed E-state index contributed by atoms with van der Waals surface area (Å²) < 4.78 is 0. The Morgan fingerprint density at radius 3 is 2.58 bits per heavy atom. The summed E-state index contributed by atoms with van der Waals surface area (Å²) in [5.41, 5.74) is 8.15. The highest BCUT2D eigenvalue weighted by atomic mass is 16.3. The lowest BCUT2D eigenvalue weighted by atomic mass is 9.75. The van der Waals surface area contributed by atoms with Crippen LogP contribution in [0.5, 0.6) is 0 Å². The van der Waals surface area contributed by atoms with Crippen LogP contribution in [0.4, 0.5) is 0 Å². The number of primary amides is 1.